The van der Waals surface area contributed by atoms with Crippen LogP contribution in [-0.4, -0.2) is 80.4 Å². The Bertz CT molecular complexity index is 1550. The van der Waals surface area contributed by atoms with Crippen molar-refractivity contribution >= 4 is 34.0 Å². The number of carbonyl (C=O) groups excluding carboxylic acids is 1. The predicted octanol–water partition coefficient (Wildman–Crippen LogP) is 4.70. The lowest BCUT2D eigenvalue weighted by molar-refractivity contribution is 0.00560. The van der Waals surface area contributed by atoms with E-state index in [0.29, 0.717) is 30.0 Å². The third-order valence-electron chi connectivity index (χ3n) is 6.93. The monoisotopic (exact) mass is 547 g/mol. The second-order valence-corrected chi connectivity index (χ2v) is 11.4. The molecule has 0 radical (unpaired) electrons. The lowest BCUT2D eigenvalue weighted by atomic mass is 10.0. The van der Waals surface area contributed by atoms with E-state index in [1.54, 1.807) is 18.0 Å². The lowest BCUT2D eigenvalue weighted by Crippen LogP contribution is -2.59. The molecule has 1 aliphatic heterocycles. The average Bonchev–Trinajstić information content (AvgIpc) is 3.26. The summed E-state index contributed by atoms with van der Waals surface area (Å²) in [6.07, 6.45) is 3.44. The van der Waals surface area contributed by atoms with Gasteiger partial charge >= 0.3 is 6.09 Å². The van der Waals surface area contributed by atoms with Gasteiger partial charge in [-0.1, -0.05) is 0 Å². The zero-order chi connectivity index (χ0) is 28.8. The Hall–Kier alpha value is -3.99. The minimum absolute atomic E-state index is 0.0484. The van der Waals surface area contributed by atoms with E-state index in [4.69, 9.17) is 24.2 Å². The summed E-state index contributed by atoms with van der Waals surface area (Å²) in [4.78, 5) is 31.2. The molecule has 0 N–H and O–H groups in total. The van der Waals surface area contributed by atoms with Gasteiger partial charge in [-0.15, -0.1) is 0 Å². The summed E-state index contributed by atoms with van der Waals surface area (Å²) in [7, 11) is 3.49. The minimum atomic E-state index is -0.539. The Morgan fingerprint density at radius 3 is 2.52 bits per heavy atom. The summed E-state index contributed by atoms with van der Waals surface area (Å²) in [6.45, 7) is 13.0. The Morgan fingerprint density at radius 2 is 1.85 bits per heavy atom. The third kappa shape index (κ3) is 5.38. The molecule has 5 rings (SSSR count). The van der Waals surface area contributed by atoms with E-state index < -0.39 is 5.60 Å². The van der Waals surface area contributed by atoms with Crippen LogP contribution < -0.4 is 9.64 Å². The highest BCUT2D eigenvalue weighted by molar-refractivity contribution is 5.91. The number of hydrogen-bond donors (Lipinski definition) is 0. The SMILES string of the molecule is COCOc1c(-c2ccc3nc(N4C[C@@H](C)N(C(=O)OC(C)(C)C)[C@@H](C)C4)cnc3n2)cc2cn(C)nc2c1C. The summed E-state index contributed by atoms with van der Waals surface area (Å²) >= 11 is 0. The number of aromatic nitrogens is 5. The number of piperazine rings is 1. The molecule has 0 spiro atoms. The molecule has 0 saturated carbocycles. The molecule has 1 amide bonds. The van der Waals surface area contributed by atoms with Gasteiger partial charge in [0, 0.05) is 50.0 Å². The molecule has 40 heavy (non-hydrogen) atoms. The molecule has 1 aliphatic rings. The molecular weight excluding hydrogens is 510 g/mol. The lowest BCUT2D eigenvalue weighted by Gasteiger charge is -2.44. The van der Waals surface area contributed by atoms with E-state index >= 15 is 0 Å². The number of rotatable bonds is 5. The average molecular weight is 548 g/mol. The highest BCUT2D eigenvalue weighted by atomic mass is 16.7. The molecule has 4 aromatic rings. The molecular formula is C29H37N7O4. The van der Waals surface area contributed by atoms with Crippen molar-refractivity contribution in [2.75, 3.05) is 31.9 Å². The largest absolute Gasteiger partial charge is 0.466 e. The first-order valence-corrected chi connectivity index (χ1v) is 13.4. The van der Waals surface area contributed by atoms with Crippen LogP contribution in [0, 0.1) is 6.92 Å². The maximum Gasteiger partial charge on any atom is 0.410 e. The molecule has 0 unspecified atom stereocenters. The highest BCUT2D eigenvalue weighted by Gasteiger charge is 2.36. The number of anilines is 1. The number of ether oxygens (including phenoxy) is 3. The van der Waals surface area contributed by atoms with E-state index in [-0.39, 0.29) is 25.0 Å². The smallest absolute Gasteiger partial charge is 0.410 e. The normalized spacial score (nSPS) is 18.0. The van der Waals surface area contributed by atoms with E-state index in [2.05, 4.69) is 15.0 Å². The van der Waals surface area contributed by atoms with E-state index in [9.17, 15) is 4.79 Å². The van der Waals surface area contributed by atoms with Gasteiger partial charge in [-0.25, -0.2) is 19.7 Å². The van der Waals surface area contributed by atoms with Crippen LogP contribution in [0.5, 0.6) is 5.75 Å². The van der Waals surface area contributed by atoms with Crippen LogP contribution in [0.1, 0.15) is 40.2 Å². The first-order valence-electron chi connectivity index (χ1n) is 13.4. The number of pyridine rings is 1. The zero-order valence-corrected chi connectivity index (χ0v) is 24.4. The summed E-state index contributed by atoms with van der Waals surface area (Å²) in [5.74, 6) is 1.43. The number of fused-ring (bicyclic) bond motifs is 2. The maximum atomic E-state index is 12.8. The van der Waals surface area contributed by atoms with Crippen molar-refractivity contribution in [1.82, 2.24) is 29.6 Å². The number of carbonyl (C=O) groups is 1. The van der Waals surface area contributed by atoms with Gasteiger partial charge in [0.15, 0.2) is 12.4 Å². The zero-order valence-electron chi connectivity index (χ0n) is 24.4. The van der Waals surface area contributed by atoms with Crippen molar-refractivity contribution in [3.63, 3.8) is 0 Å². The number of nitrogens with zero attached hydrogens (tertiary/aromatic N) is 7. The Morgan fingerprint density at radius 1 is 1.12 bits per heavy atom. The van der Waals surface area contributed by atoms with Gasteiger partial charge in [0.05, 0.1) is 29.5 Å². The number of hydrogen-bond acceptors (Lipinski definition) is 9. The van der Waals surface area contributed by atoms with E-state index in [1.807, 2.05) is 77.9 Å². The summed E-state index contributed by atoms with van der Waals surface area (Å²) in [6, 6.07) is 5.80. The van der Waals surface area contributed by atoms with Crippen molar-refractivity contribution in [3.8, 4) is 17.0 Å². The van der Waals surface area contributed by atoms with Gasteiger partial charge in [0.1, 0.15) is 22.7 Å². The fraction of sp³-hybridized carbons (Fsp3) is 0.483. The molecule has 0 aliphatic carbocycles. The topological polar surface area (TPSA) is 108 Å². The van der Waals surface area contributed by atoms with Crippen LogP contribution in [0.4, 0.5) is 10.6 Å². The standard InChI is InChI=1S/C29H37N7O4/c1-17-13-35(14-18(2)36(17)28(37)40-29(4,5)6)24-12-30-27-23(31-24)10-9-22(32-27)21-11-20-15-34(7)33-25(20)19(3)26(21)39-16-38-8/h9-12,15,17-18H,13-14,16H2,1-8H3/t17-,18+. The second kappa shape index (κ2) is 10.5. The quantitative estimate of drug-likeness (QED) is 0.328. The minimum Gasteiger partial charge on any atom is -0.466 e. The molecule has 1 saturated heterocycles. The van der Waals surface area contributed by atoms with Crippen LogP contribution >= 0.6 is 0 Å². The summed E-state index contributed by atoms with van der Waals surface area (Å²) in [5, 5.41) is 5.58. The number of amides is 1. The Balaban J connectivity index is 1.43. The van der Waals surface area contributed by atoms with Crippen molar-refractivity contribution in [1.29, 1.82) is 0 Å². The third-order valence-corrected chi connectivity index (χ3v) is 6.93. The number of aryl methyl sites for hydroxylation is 2. The molecule has 2 atom stereocenters. The molecule has 1 aromatic carbocycles. The fourth-order valence-corrected chi connectivity index (χ4v) is 5.31. The molecule has 212 valence electrons. The van der Waals surface area contributed by atoms with Crippen molar-refractivity contribution in [2.45, 2.75) is 59.2 Å². The predicted molar refractivity (Wildman–Crippen MR) is 153 cm³/mol. The van der Waals surface area contributed by atoms with Crippen LogP contribution in [0.2, 0.25) is 0 Å². The number of methoxy groups -OCH3 is 1. The van der Waals surface area contributed by atoms with Crippen molar-refractivity contribution < 1.29 is 19.0 Å². The van der Waals surface area contributed by atoms with Gasteiger partial charge in [-0.2, -0.15) is 5.10 Å². The summed E-state index contributed by atoms with van der Waals surface area (Å²) < 4.78 is 18.6. The number of benzene rings is 1. The van der Waals surface area contributed by atoms with E-state index in [0.717, 1.165) is 33.5 Å². The molecule has 11 nitrogen and oxygen atoms in total. The molecule has 3 aromatic heterocycles. The van der Waals surface area contributed by atoms with Gasteiger partial charge in [-0.3, -0.25) is 9.58 Å². The molecule has 4 heterocycles. The van der Waals surface area contributed by atoms with Crippen LogP contribution in [0.15, 0.2) is 30.6 Å². The van der Waals surface area contributed by atoms with Gasteiger partial charge in [0.25, 0.3) is 0 Å². The van der Waals surface area contributed by atoms with Gasteiger partial charge in [0.2, 0.25) is 0 Å². The fourth-order valence-electron chi connectivity index (χ4n) is 5.31. The highest BCUT2D eigenvalue weighted by Crippen LogP contribution is 2.37. The van der Waals surface area contributed by atoms with Crippen LogP contribution in [0.3, 0.4) is 0 Å². The first kappa shape index (κ1) is 27.6. The van der Waals surface area contributed by atoms with Crippen LogP contribution in [0.25, 0.3) is 33.3 Å². The maximum absolute atomic E-state index is 12.8. The molecule has 0 bridgehead atoms. The van der Waals surface area contributed by atoms with Crippen molar-refractivity contribution in [3.05, 3.63) is 36.2 Å². The summed E-state index contributed by atoms with van der Waals surface area (Å²) in [5.41, 5.74) is 4.04. The van der Waals surface area contributed by atoms with Crippen molar-refractivity contribution in [2.24, 2.45) is 7.05 Å². The Kier molecular flexibility index (Phi) is 7.26. The van der Waals surface area contributed by atoms with Crippen LogP contribution in [-0.2, 0) is 16.5 Å². The molecule has 11 heteroatoms. The van der Waals surface area contributed by atoms with Gasteiger partial charge in [-0.05, 0) is 59.7 Å². The molecule has 1 fully saturated rings. The first-order chi connectivity index (χ1) is 18.9. The van der Waals surface area contributed by atoms with Gasteiger partial charge < -0.3 is 19.1 Å². The second-order valence-electron chi connectivity index (χ2n) is 11.4. The van der Waals surface area contributed by atoms with E-state index in [1.165, 1.54) is 0 Å². The Labute approximate surface area is 234 Å².